The van der Waals surface area contributed by atoms with Crippen molar-refractivity contribution in [3.05, 3.63) is 34.8 Å². The van der Waals surface area contributed by atoms with E-state index in [4.69, 9.17) is 0 Å². The van der Waals surface area contributed by atoms with Crippen molar-refractivity contribution in [3.8, 4) is 0 Å². The molecule has 8 heteroatoms. The average molecular weight is 367 g/mol. The fraction of sp³-hybridized carbons (Fsp3) is 0.333. The molecule has 5 rings (SSSR count). The van der Waals surface area contributed by atoms with Crippen molar-refractivity contribution in [1.29, 1.82) is 0 Å². The molecule has 1 aliphatic carbocycles. The van der Waals surface area contributed by atoms with E-state index in [9.17, 15) is 9.59 Å². The molecular weight excluding hydrogens is 350 g/mol. The Bertz CT molecular complexity index is 1000. The van der Waals surface area contributed by atoms with Gasteiger partial charge in [-0.3, -0.25) is 19.6 Å². The number of carbonyl (C=O) groups excluding carboxylic acids is 2. The first-order chi connectivity index (χ1) is 12.7. The molecule has 2 aliphatic rings. The zero-order valence-corrected chi connectivity index (χ0v) is 14.8. The van der Waals surface area contributed by atoms with Crippen molar-refractivity contribution < 1.29 is 9.59 Å². The number of fused-ring (bicyclic) bond motifs is 2. The highest BCUT2D eigenvalue weighted by atomic mass is 32.1. The van der Waals surface area contributed by atoms with Crippen molar-refractivity contribution in [2.45, 2.75) is 25.7 Å². The number of carbonyl (C=O) groups is 2. The van der Waals surface area contributed by atoms with Crippen LogP contribution in [0, 0.1) is 5.92 Å². The van der Waals surface area contributed by atoms with Crippen molar-refractivity contribution in [3.63, 3.8) is 0 Å². The van der Waals surface area contributed by atoms with Crippen LogP contribution < -0.4 is 10.2 Å². The van der Waals surface area contributed by atoms with Crippen LogP contribution in [-0.4, -0.2) is 33.5 Å². The Labute approximate surface area is 153 Å². The smallest absolute Gasteiger partial charge is 0.231 e. The van der Waals surface area contributed by atoms with Gasteiger partial charge in [-0.15, -0.1) is 11.3 Å². The molecule has 1 fully saturated rings. The lowest BCUT2D eigenvalue weighted by Crippen LogP contribution is -2.28. The maximum Gasteiger partial charge on any atom is 0.231 e. The number of aryl methyl sites for hydroxylation is 2. The molecule has 132 valence electrons. The number of benzene rings is 1. The zero-order valence-electron chi connectivity index (χ0n) is 14.0. The molecule has 2 amide bonds. The topological polar surface area (TPSA) is 91.0 Å². The van der Waals surface area contributed by atoms with Crippen molar-refractivity contribution in [1.82, 2.24) is 15.2 Å². The van der Waals surface area contributed by atoms with Gasteiger partial charge in [0.25, 0.3) is 0 Å². The van der Waals surface area contributed by atoms with Crippen LogP contribution in [-0.2, 0) is 22.4 Å². The lowest BCUT2D eigenvalue weighted by atomic mass is 10.1. The number of nitrogens with zero attached hydrogens (tertiary/aromatic N) is 3. The number of thiazole rings is 1. The van der Waals surface area contributed by atoms with Gasteiger partial charge in [0.1, 0.15) is 0 Å². The van der Waals surface area contributed by atoms with Crippen LogP contribution in [0.1, 0.15) is 23.4 Å². The van der Waals surface area contributed by atoms with Crippen LogP contribution in [0.25, 0.3) is 10.9 Å². The summed E-state index contributed by atoms with van der Waals surface area (Å²) in [6, 6.07) is 7.66. The molecule has 2 aromatic heterocycles. The highest BCUT2D eigenvalue weighted by Crippen LogP contribution is 2.32. The van der Waals surface area contributed by atoms with E-state index in [0.29, 0.717) is 17.5 Å². The first kappa shape index (κ1) is 15.5. The summed E-state index contributed by atoms with van der Waals surface area (Å²) in [4.78, 5) is 32.5. The predicted molar refractivity (Wildman–Crippen MR) is 99.3 cm³/mol. The molecular formula is C18H17N5O2S. The molecule has 3 heterocycles. The van der Waals surface area contributed by atoms with Gasteiger partial charge in [0.05, 0.1) is 17.1 Å². The van der Waals surface area contributed by atoms with E-state index in [1.807, 2.05) is 24.3 Å². The van der Waals surface area contributed by atoms with E-state index in [1.165, 1.54) is 4.88 Å². The highest BCUT2D eigenvalue weighted by Gasteiger charge is 2.37. The Balaban J connectivity index is 1.33. The Morgan fingerprint density at radius 1 is 1.31 bits per heavy atom. The summed E-state index contributed by atoms with van der Waals surface area (Å²) >= 11 is 1.55. The molecule has 26 heavy (non-hydrogen) atoms. The lowest BCUT2D eigenvalue weighted by molar-refractivity contribution is -0.122. The standard InChI is InChI=1S/C18H17N5O2S/c24-15-8-10(17(25)20-18-19-13-6-3-7-14(13)26-18)9-23(15)16-11-4-1-2-5-12(11)21-22-16/h1-2,4-5,10H,3,6-9H2,(H,21,22)(H,19,20,25). The van der Waals surface area contributed by atoms with E-state index in [2.05, 4.69) is 20.5 Å². The Hall–Kier alpha value is -2.74. The number of nitrogens with one attached hydrogen (secondary N) is 2. The summed E-state index contributed by atoms with van der Waals surface area (Å²) in [7, 11) is 0. The van der Waals surface area contributed by atoms with Crippen LogP contribution in [0.3, 0.4) is 0 Å². The molecule has 1 aromatic carbocycles. The van der Waals surface area contributed by atoms with Gasteiger partial charge in [-0.25, -0.2) is 4.98 Å². The van der Waals surface area contributed by atoms with Crippen LogP contribution in [0.4, 0.5) is 10.9 Å². The van der Waals surface area contributed by atoms with E-state index in [1.54, 1.807) is 16.2 Å². The molecule has 0 spiro atoms. The lowest BCUT2D eigenvalue weighted by Gasteiger charge is -2.13. The normalized spacial score (nSPS) is 19.3. The van der Waals surface area contributed by atoms with Crippen LogP contribution in [0.5, 0.6) is 0 Å². The first-order valence-corrected chi connectivity index (χ1v) is 9.53. The monoisotopic (exact) mass is 367 g/mol. The van der Waals surface area contributed by atoms with E-state index in [-0.39, 0.29) is 18.2 Å². The Kier molecular flexibility index (Phi) is 3.53. The number of anilines is 2. The van der Waals surface area contributed by atoms with Crippen molar-refractivity contribution >= 4 is 45.0 Å². The quantitative estimate of drug-likeness (QED) is 0.744. The maximum atomic E-state index is 12.6. The minimum absolute atomic E-state index is 0.0796. The molecule has 3 aromatic rings. The molecule has 1 unspecified atom stereocenters. The second-order valence-corrected chi connectivity index (χ2v) is 7.81. The molecule has 0 saturated carbocycles. The zero-order chi connectivity index (χ0) is 17.7. The number of hydrogen-bond acceptors (Lipinski definition) is 5. The first-order valence-electron chi connectivity index (χ1n) is 8.72. The second-order valence-electron chi connectivity index (χ2n) is 6.73. The summed E-state index contributed by atoms with van der Waals surface area (Å²) in [6.07, 6.45) is 3.37. The molecule has 2 N–H and O–H groups in total. The van der Waals surface area contributed by atoms with Crippen LogP contribution in [0.2, 0.25) is 0 Å². The van der Waals surface area contributed by atoms with Crippen molar-refractivity contribution in [2.75, 3.05) is 16.8 Å². The predicted octanol–water partition coefficient (Wildman–Crippen LogP) is 2.50. The molecule has 0 bridgehead atoms. The summed E-state index contributed by atoms with van der Waals surface area (Å²) in [5, 5.41) is 11.7. The molecule has 7 nitrogen and oxygen atoms in total. The summed E-state index contributed by atoms with van der Waals surface area (Å²) in [6.45, 7) is 0.338. The number of amides is 2. The molecule has 1 atom stereocenters. The highest BCUT2D eigenvalue weighted by molar-refractivity contribution is 7.15. The number of H-pyrrole nitrogens is 1. The summed E-state index contributed by atoms with van der Waals surface area (Å²) in [5.74, 6) is -0.0250. The Morgan fingerprint density at radius 3 is 3.08 bits per heavy atom. The summed E-state index contributed by atoms with van der Waals surface area (Å²) in [5.41, 5.74) is 1.98. The largest absolute Gasteiger partial charge is 0.302 e. The Morgan fingerprint density at radius 2 is 2.19 bits per heavy atom. The van der Waals surface area contributed by atoms with Gasteiger partial charge in [-0.2, -0.15) is 5.10 Å². The number of aromatic amines is 1. The van der Waals surface area contributed by atoms with E-state index >= 15 is 0 Å². The third-order valence-electron chi connectivity index (χ3n) is 5.03. The third-order valence-corrected chi connectivity index (χ3v) is 6.10. The van der Waals surface area contributed by atoms with Crippen LogP contribution in [0.15, 0.2) is 24.3 Å². The fourth-order valence-electron chi connectivity index (χ4n) is 3.69. The minimum atomic E-state index is -0.392. The fourth-order valence-corrected chi connectivity index (χ4v) is 4.75. The molecule has 0 radical (unpaired) electrons. The van der Waals surface area contributed by atoms with Gasteiger partial charge in [0.15, 0.2) is 10.9 Å². The van der Waals surface area contributed by atoms with Crippen LogP contribution >= 0.6 is 11.3 Å². The maximum absolute atomic E-state index is 12.6. The van der Waals surface area contributed by atoms with Gasteiger partial charge in [0.2, 0.25) is 11.8 Å². The van der Waals surface area contributed by atoms with Crippen molar-refractivity contribution in [2.24, 2.45) is 5.92 Å². The summed E-state index contributed by atoms with van der Waals surface area (Å²) < 4.78 is 0. The van der Waals surface area contributed by atoms with Gasteiger partial charge in [-0.05, 0) is 31.4 Å². The third kappa shape index (κ3) is 2.48. The number of para-hydroxylation sites is 1. The minimum Gasteiger partial charge on any atom is -0.302 e. The number of hydrogen-bond donors (Lipinski definition) is 2. The van der Waals surface area contributed by atoms with Gasteiger partial charge < -0.3 is 5.32 Å². The van der Waals surface area contributed by atoms with Gasteiger partial charge in [0, 0.05) is 23.2 Å². The molecule has 1 saturated heterocycles. The number of aromatic nitrogens is 3. The van der Waals surface area contributed by atoms with E-state index in [0.717, 1.165) is 35.9 Å². The average Bonchev–Trinajstić information content (AvgIpc) is 3.36. The van der Waals surface area contributed by atoms with Gasteiger partial charge in [-0.1, -0.05) is 12.1 Å². The second kappa shape index (κ2) is 5.91. The number of rotatable bonds is 3. The molecule has 1 aliphatic heterocycles. The van der Waals surface area contributed by atoms with Gasteiger partial charge >= 0.3 is 0 Å². The SMILES string of the molecule is O=C(Nc1nc2c(s1)CCC2)C1CC(=O)N(c2n[nH]c3ccccc23)C1. The van der Waals surface area contributed by atoms with E-state index < -0.39 is 5.92 Å².